The number of imidazole rings is 1. The molecule has 0 bridgehead atoms. The van der Waals surface area contributed by atoms with Crippen LogP contribution in [0.15, 0.2) is 36.7 Å². The molecule has 2 N–H and O–H groups in total. The molecule has 0 amide bonds. The van der Waals surface area contributed by atoms with Gasteiger partial charge in [0.1, 0.15) is 17.7 Å². The number of hydrogen-bond donors (Lipinski definition) is 2. The highest BCUT2D eigenvalue weighted by molar-refractivity contribution is 6.11. The van der Waals surface area contributed by atoms with E-state index in [1.54, 1.807) is 6.33 Å². The molecule has 1 aromatic heterocycles. The van der Waals surface area contributed by atoms with E-state index in [1.165, 1.54) is 0 Å². The SMILES string of the molecule is CCCC1Nc2c(ncn2C)C(=N)N1c1ccccc1. The summed E-state index contributed by atoms with van der Waals surface area (Å²) in [4.78, 5) is 6.37. The molecule has 0 aliphatic carbocycles. The molecule has 5 nitrogen and oxygen atoms in total. The second-order valence-corrected chi connectivity index (χ2v) is 5.06. The van der Waals surface area contributed by atoms with Gasteiger partial charge in [-0.05, 0) is 18.6 Å². The maximum Gasteiger partial charge on any atom is 0.157 e. The molecule has 1 atom stereocenters. The summed E-state index contributed by atoms with van der Waals surface area (Å²) in [7, 11) is 1.95. The summed E-state index contributed by atoms with van der Waals surface area (Å²) >= 11 is 0. The van der Waals surface area contributed by atoms with Crippen molar-refractivity contribution < 1.29 is 0 Å². The minimum Gasteiger partial charge on any atom is -0.349 e. The van der Waals surface area contributed by atoms with Crippen molar-refractivity contribution in [3.05, 3.63) is 42.4 Å². The normalized spacial score (nSPS) is 17.8. The summed E-state index contributed by atoms with van der Waals surface area (Å²) in [5.74, 6) is 1.39. The number of aryl methyl sites for hydroxylation is 1. The third-order valence-corrected chi connectivity index (χ3v) is 3.61. The van der Waals surface area contributed by atoms with Gasteiger partial charge in [-0.2, -0.15) is 0 Å². The van der Waals surface area contributed by atoms with Crippen molar-refractivity contribution in [2.45, 2.75) is 25.9 Å². The fourth-order valence-electron chi connectivity index (χ4n) is 2.64. The van der Waals surface area contributed by atoms with E-state index in [9.17, 15) is 0 Å². The van der Waals surface area contributed by atoms with Crippen LogP contribution in [0.25, 0.3) is 0 Å². The summed E-state index contributed by atoms with van der Waals surface area (Å²) in [5.41, 5.74) is 1.74. The van der Waals surface area contributed by atoms with E-state index in [4.69, 9.17) is 5.41 Å². The molecular weight excluding hydrogens is 250 g/mol. The van der Waals surface area contributed by atoms with Crippen molar-refractivity contribution >= 4 is 17.3 Å². The van der Waals surface area contributed by atoms with E-state index >= 15 is 0 Å². The van der Waals surface area contributed by atoms with Gasteiger partial charge < -0.3 is 14.8 Å². The maximum atomic E-state index is 8.50. The van der Waals surface area contributed by atoms with E-state index in [0.717, 1.165) is 24.3 Å². The Balaban J connectivity index is 2.05. The highest BCUT2D eigenvalue weighted by Gasteiger charge is 2.32. The molecule has 3 rings (SSSR count). The van der Waals surface area contributed by atoms with Gasteiger partial charge in [-0.15, -0.1) is 0 Å². The van der Waals surface area contributed by atoms with E-state index in [-0.39, 0.29) is 6.17 Å². The molecule has 0 saturated heterocycles. The van der Waals surface area contributed by atoms with Crippen LogP contribution in [0.3, 0.4) is 0 Å². The monoisotopic (exact) mass is 269 g/mol. The lowest BCUT2D eigenvalue weighted by Gasteiger charge is -2.38. The highest BCUT2D eigenvalue weighted by Crippen LogP contribution is 2.29. The van der Waals surface area contributed by atoms with Crippen LogP contribution in [0.5, 0.6) is 0 Å². The number of anilines is 2. The van der Waals surface area contributed by atoms with Gasteiger partial charge in [-0.25, -0.2) is 4.98 Å². The molecule has 2 heterocycles. The van der Waals surface area contributed by atoms with Gasteiger partial charge in [0.05, 0.1) is 6.33 Å². The van der Waals surface area contributed by atoms with Crippen LogP contribution in [0.2, 0.25) is 0 Å². The van der Waals surface area contributed by atoms with Gasteiger partial charge in [0, 0.05) is 12.7 Å². The minimum atomic E-state index is 0.0952. The Morgan fingerprint density at radius 1 is 1.30 bits per heavy atom. The number of nitrogens with one attached hydrogen (secondary N) is 2. The summed E-state index contributed by atoms with van der Waals surface area (Å²) in [5, 5.41) is 12.0. The molecule has 1 aromatic carbocycles. The lowest BCUT2D eigenvalue weighted by atomic mass is 10.1. The van der Waals surface area contributed by atoms with Crippen LogP contribution in [0.4, 0.5) is 11.5 Å². The predicted octanol–water partition coefficient (Wildman–Crippen LogP) is 2.80. The van der Waals surface area contributed by atoms with Gasteiger partial charge in [0.25, 0.3) is 0 Å². The number of fused-ring (bicyclic) bond motifs is 1. The predicted molar refractivity (Wildman–Crippen MR) is 81.3 cm³/mol. The Morgan fingerprint density at radius 3 is 2.75 bits per heavy atom. The molecule has 20 heavy (non-hydrogen) atoms. The van der Waals surface area contributed by atoms with Crippen molar-refractivity contribution in [3.8, 4) is 0 Å². The van der Waals surface area contributed by atoms with Gasteiger partial charge in [-0.1, -0.05) is 31.5 Å². The molecule has 0 radical (unpaired) electrons. The van der Waals surface area contributed by atoms with Gasteiger partial charge in [-0.3, -0.25) is 5.41 Å². The highest BCUT2D eigenvalue weighted by atomic mass is 15.4. The van der Waals surface area contributed by atoms with Gasteiger partial charge >= 0.3 is 0 Å². The Hall–Kier alpha value is -2.30. The lowest BCUT2D eigenvalue weighted by molar-refractivity contribution is 0.640. The average molecular weight is 269 g/mol. The smallest absolute Gasteiger partial charge is 0.157 e. The average Bonchev–Trinajstić information content (AvgIpc) is 2.82. The van der Waals surface area contributed by atoms with E-state index in [0.29, 0.717) is 11.5 Å². The van der Waals surface area contributed by atoms with Crippen LogP contribution in [-0.2, 0) is 7.05 Å². The van der Waals surface area contributed by atoms with Gasteiger partial charge in [0.2, 0.25) is 0 Å². The van der Waals surface area contributed by atoms with Crippen LogP contribution < -0.4 is 10.2 Å². The summed E-state index contributed by atoms with van der Waals surface area (Å²) in [6, 6.07) is 10.1. The zero-order chi connectivity index (χ0) is 14.1. The first-order valence-electron chi connectivity index (χ1n) is 6.93. The standard InChI is InChI=1S/C15H19N5/c1-3-7-12-18-15-13(17-10-19(15)2)14(16)20(12)11-8-5-4-6-9-11/h4-6,8-10,12,16,18H,3,7H2,1-2H3. The van der Waals surface area contributed by atoms with E-state index < -0.39 is 0 Å². The fourth-order valence-corrected chi connectivity index (χ4v) is 2.64. The molecule has 5 heteroatoms. The second-order valence-electron chi connectivity index (χ2n) is 5.06. The largest absolute Gasteiger partial charge is 0.349 e. The molecule has 0 spiro atoms. The topological polar surface area (TPSA) is 56.9 Å². The number of rotatable bonds is 3. The summed E-state index contributed by atoms with van der Waals surface area (Å²) in [6.45, 7) is 2.16. The number of para-hydroxylation sites is 1. The Bertz CT molecular complexity index is 616. The van der Waals surface area contributed by atoms with Crippen molar-refractivity contribution in [2.24, 2.45) is 7.05 Å². The minimum absolute atomic E-state index is 0.0952. The lowest BCUT2D eigenvalue weighted by Crippen LogP contribution is -2.49. The van der Waals surface area contributed by atoms with Crippen LogP contribution >= 0.6 is 0 Å². The van der Waals surface area contributed by atoms with Gasteiger partial charge in [0.15, 0.2) is 5.84 Å². The van der Waals surface area contributed by atoms with E-state index in [1.807, 2.05) is 46.8 Å². The fraction of sp³-hybridized carbons (Fsp3) is 0.333. The molecule has 104 valence electrons. The molecule has 0 fully saturated rings. The number of amidine groups is 1. The Labute approximate surface area is 118 Å². The van der Waals surface area contributed by atoms with Crippen LogP contribution in [-0.4, -0.2) is 21.6 Å². The first kappa shape index (κ1) is 12.7. The summed E-state index contributed by atoms with van der Waals surface area (Å²) < 4.78 is 1.94. The number of aromatic nitrogens is 2. The van der Waals surface area contributed by atoms with Crippen molar-refractivity contribution in [2.75, 3.05) is 10.2 Å². The van der Waals surface area contributed by atoms with Crippen molar-refractivity contribution in [1.29, 1.82) is 5.41 Å². The third kappa shape index (κ3) is 1.95. The molecular formula is C15H19N5. The van der Waals surface area contributed by atoms with Crippen molar-refractivity contribution in [1.82, 2.24) is 9.55 Å². The quantitative estimate of drug-likeness (QED) is 0.901. The van der Waals surface area contributed by atoms with Crippen LogP contribution in [0.1, 0.15) is 25.5 Å². The van der Waals surface area contributed by atoms with Crippen LogP contribution in [0, 0.1) is 5.41 Å². The molecule has 1 unspecified atom stereocenters. The first-order chi connectivity index (χ1) is 9.72. The summed E-state index contributed by atoms with van der Waals surface area (Å²) in [6.07, 6.45) is 3.88. The Morgan fingerprint density at radius 2 is 2.05 bits per heavy atom. The third-order valence-electron chi connectivity index (χ3n) is 3.61. The molecule has 1 aliphatic rings. The van der Waals surface area contributed by atoms with Crippen molar-refractivity contribution in [3.63, 3.8) is 0 Å². The zero-order valence-corrected chi connectivity index (χ0v) is 11.8. The number of nitrogens with zero attached hydrogens (tertiary/aromatic N) is 3. The zero-order valence-electron chi connectivity index (χ0n) is 11.8. The first-order valence-corrected chi connectivity index (χ1v) is 6.93. The molecule has 1 aliphatic heterocycles. The Kier molecular flexibility index (Phi) is 3.18. The van der Waals surface area contributed by atoms with E-state index in [2.05, 4.69) is 17.2 Å². The maximum absolute atomic E-state index is 8.50. The number of benzene rings is 1. The molecule has 0 saturated carbocycles. The molecule has 2 aromatic rings. The second kappa shape index (κ2) is 5.00. The number of hydrogen-bond acceptors (Lipinski definition) is 3.